The number of ether oxygens (including phenoxy) is 1. The summed E-state index contributed by atoms with van der Waals surface area (Å²) in [5, 5.41) is 0.444. The van der Waals surface area contributed by atoms with Gasteiger partial charge in [0.1, 0.15) is 5.76 Å². The number of furan rings is 1. The van der Waals surface area contributed by atoms with Gasteiger partial charge >= 0.3 is 0 Å². The van der Waals surface area contributed by atoms with E-state index in [2.05, 4.69) is 0 Å². The van der Waals surface area contributed by atoms with Gasteiger partial charge in [-0.2, -0.15) is 0 Å². The summed E-state index contributed by atoms with van der Waals surface area (Å²) >= 11 is 2.41. The monoisotopic (exact) mass is 361 g/mol. The summed E-state index contributed by atoms with van der Waals surface area (Å²) in [6.45, 7) is 0.579. The van der Waals surface area contributed by atoms with Crippen LogP contribution < -0.4 is 0 Å². The maximum Gasteiger partial charge on any atom is 0.293 e. The molecule has 0 aliphatic carbocycles. The molecule has 2 aromatic rings. The lowest BCUT2D eigenvalue weighted by Crippen LogP contribution is -2.31. The zero-order chi connectivity index (χ0) is 16.9. The number of imide groups is 1. The molecule has 1 aromatic carbocycles. The summed E-state index contributed by atoms with van der Waals surface area (Å²) in [6.07, 6.45) is 1.60. The van der Waals surface area contributed by atoms with Gasteiger partial charge in [-0.1, -0.05) is 30.0 Å². The minimum atomic E-state index is -0.310. The molecule has 0 spiro atoms. The van der Waals surface area contributed by atoms with Gasteiger partial charge in [0, 0.05) is 18.1 Å². The van der Waals surface area contributed by atoms with Crippen molar-refractivity contribution in [1.82, 2.24) is 4.90 Å². The SMILES string of the molecule is COCCN1C(=O)S/C(=C/c2ccc(Sc3ccccc3)o2)C1=O. The van der Waals surface area contributed by atoms with Crippen LogP contribution in [0, 0.1) is 0 Å². The summed E-state index contributed by atoms with van der Waals surface area (Å²) in [5.74, 6) is 0.237. The van der Waals surface area contributed by atoms with E-state index in [9.17, 15) is 9.59 Å². The molecule has 1 fully saturated rings. The molecule has 1 aromatic heterocycles. The highest BCUT2D eigenvalue weighted by molar-refractivity contribution is 8.18. The first kappa shape index (κ1) is 16.9. The standard InChI is InChI=1S/C17H15NO4S2/c1-21-10-9-18-16(19)14(24-17(18)20)11-12-7-8-15(22-12)23-13-5-3-2-4-6-13/h2-8,11H,9-10H2,1H3/b14-11+. The van der Waals surface area contributed by atoms with Gasteiger partial charge in [0.05, 0.1) is 18.1 Å². The Hall–Kier alpha value is -1.96. The van der Waals surface area contributed by atoms with E-state index in [-0.39, 0.29) is 17.7 Å². The molecule has 0 saturated carbocycles. The number of benzene rings is 1. The fraction of sp³-hybridized carbons (Fsp3) is 0.176. The summed E-state index contributed by atoms with van der Waals surface area (Å²) in [7, 11) is 1.53. The van der Waals surface area contributed by atoms with E-state index in [1.54, 1.807) is 12.1 Å². The Morgan fingerprint density at radius 1 is 1.21 bits per heavy atom. The van der Waals surface area contributed by atoms with Crippen LogP contribution in [0.15, 0.2) is 61.8 Å². The van der Waals surface area contributed by atoms with Gasteiger partial charge < -0.3 is 9.15 Å². The average molecular weight is 361 g/mol. The molecule has 1 aliphatic heterocycles. The Balaban J connectivity index is 1.71. The molecule has 0 radical (unpaired) electrons. The van der Waals surface area contributed by atoms with Crippen LogP contribution in [0.3, 0.4) is 0 Å². The second kappa shape index (κ2) is 7.74. The van der Waals surface area contributed by atoms with Crippen molar-refractivity contribution in [3.8, 4) is 0 Å². The lowest BCUT2D eigenvalue weighted by Gasteiger charge is -2.10. The van der Waals surface area contributed by atoms with Crippen LogP contribution in [0.1, 0.15) is 5.76 Å². The molecule has 24 heavy (non-hydrogen) atoms. The zero-order valence-corrected chi connectivity index (χ0v) is 14.6. The van der Waals surface area contributed by atoms with Crippen LogP contribution in [-0.2, 0) is 9.53 Å². The zero-order valence-electron chi connectivity index (χ0n) is 12.9. The molecule has 0 bridgehead atoms. The Morgan fingerprint density at radius 3 is 2.75 bits per heavy atom. The second-order valence-corrected chi connectivity index (χ2v) is 6.97. The van der Waals surface area contributed by atoms with Crippen LogP contribution in [0.4, 0.5) is 4.79 Å². The minimum Gasteiger partial charge on any atom is -0.450 e. The highest BCUT2D eigenvalue weighted by atomic mass is 32.2. The van der Waals surface area contributed by atoms with Crippen molar-refractivity contribution in [3.05, 3.63) is 53.1 Å². The van der Waals surface area contributed by atoms with Crippen molar-refractivity contribution in [2.24, 2.45) is 0 Å². The smallest absolute Gasteiger partial charge is 0.293 e. The third-order valence-corrected chi connectivity index (χ3v) is 5.07. The molecule has 2 heterocycles. The first-order valence-electron chi connectivity index (χ1n) is 7.24. The lowest BCUT2D eigenvalue weighted by atomic mass is 10.3. The van der Waals surface area contributed by atoms with Gasteiger partial charge in [-0.3, -0.25) is 14.5 Å². The maximum absolute atomic E-state index is 12.2. The van der Waals surface area contributed by atoms with Crippen LogP contribution in [0.2, 0.25) is 0 Å². The molecular weight excluding hydrogens is 346 g/mol. The first-order valence-corrected chi connectivity index (χ1v) is 8.88. The van der Waals surface area contributed by atoms with Crippen LogP contribution in [-0.4, -0.2) is 36.3 Å². The van der Waals surface area contributed by atoms with Crippen LogP contribution in [0.25, 0.3) is 6.08 Å². The molecule has 3 rings (SSSR count). The largest absolute Gasteiger partial charge is 0.450 e. The Morgan fingerprint density at radius 2 is 2.00 bits per heavy atom. The number of hydrogen-bond donors (Lipinski definition) is 0. The van der Waals surface area contributed by atoms with Gasteiger partial charge in [0.25, 0.3) is 11.1 Å². The van der Waals surface area contributed by atoms with Crippen LogP contribution in [0.5, 0.6) is 0 Å². The van der Waals surface area contributed by atoms with Crippen molar-refractivity contribution in [3.63, 3.8) is 0 Å². The fourth-order valence-electron chi connectivity index (χ4n) is 2.08. The molecule has 1 saturated heterocycles. The van der Waals surface area contributed by atoms with Crippen LogP contribution >= 0.6 is 23.5 Å². The number of carbonyl (C=O) groups is 2. The highest BCUT2D eigenvalue weighted by Crippen LogP contribution is 2.34. The first-order chi connectivity index (χ1) is 11.7. The second-order valence-electron chi connectivity index (χ2n) is 4.90. The van der Waals surface area contributed by atoms with Crippen molar-refractivity contribution in [2.45, 2.75) is 9.99 Å². The number of methoxy groups -OCH3 is 1. The Labute approximate surface area is 148 Å². The topological polar surface area (TPSA) is 59.8 Å². The average Bonchev–Trinajstić information content (AvgIpc) is 3.12. The Bertz CT molecular complexity index is 770. The van der Waals surface area contributed by atoms with Crippen molar-refractivity contribution < 1.29 is 18.7 Å². The quantitative estimate of drug-likeness (QED) is 0.722. The summed E-state index contributed by atoms with van der Waals surface area (Å²) in [6, 6.07) is 13.5. The number of thioether (sulfide) groups is 1. The number of nitrogens with zero attached hydrogens (tertiary/aromatic N) is 1. The van der Waals surface area contributed by atoms with Gasteiger partial charge in [-0.15, -0.1) is 0 Å². The predicted molar refractivity (Wildman–Crippen MR) is 93.8 cm³/mol. The normalized spacial score (nSPS) is 16.4. The van der Waals surface area contributed by atoms with E-state index in [0.29, 0.717) is 17.3 Å². The molecule has 0 atom stereocenters. The predicted octanol–water partition coefficient (Wildman–Crippen LogP) is 4.11. The number of rotatable bonds is 6. The van der Waals surface area contributed by atoms with Crippen molar-refractivity contribution in [1.29, 1.82) is 0 Å². The summed E-state index contributed by atoms with van der Waals surface area (Å²) in [4.78, 5) is 26.7. The number of amides is 2. The molecular formula is C17H15NO4S2. The van der Waals surface area contributed by atoms with E-state index in [1.165, 1.54) is 23.8 Å². The minimum absolute atomic E-state index is 0.256. The van der Waals surface area contributed by atoms with E-state index in [1.807, 2.05) is 36.4 Å². The van der Waals surface area contributed by atoms with Crippen molar-refractivity contribution >= 4 is 40.7 Å². The van der Waals surface area contributed by atoms with E-state index in [4.69, 9.17) is 9.15 Å². The van der Waals surface area contributed by atoms with Gasteiger partial charge in [-0.25, -0.2) is 0 Å². The highest BCUT2D eigenvalue weighted by Gasteiger charge is 2.34. The number of hydrogen-bond acceptors (Lipinski definition) is 6. The molecule has 5 nitrogen and oxygen atoms in total. The van der Waals surface area contributed by atoms with Crippen molar-refractivity contribution in [2.75, 3.05) is 20.3 Å². The van der Waals surface area contributed by atoms with E-state index >= 15 is 0 Å². The van der Waals surface area contributed by atoms with Gasteiger partial charge in [0.15, 0.2) is 5.09 Å². The third kappa shape index (κ3) is 3.92. The Kier molecular flexibility index (Phi) is 5.44. The molecule has 0 N–H and O–H groups in total. The summed E-state index contributed by atoms with van der Waals surface area (Å²) in [5.41, 5.74) is 0. The van der Waals surface area contributed by atoms with E-state index < -0.39 is 0 Å². The molecule has 7 heteroatoms. The van der Waals surface area contributed by atoms with Gasteiger partial charge in [0.2, 0.25) is 0 Å². The molecule has 0 unspecified atom stereocenters. The fourth-order valence-corrected chi connectivity index (χ4v) is 3.72. The molecule has 124 valence electrons. The lowest BCUT2D eigenvalue weighted by molar-refractivity contribution is -0.123. The maximum atomic E-state index is 12.2. The van der Waals surface area contributed by atoms with E-state index in [0.717, 1.165) is 21.7 Å². The number of carbonyl (C=O) groups excluding carboxylic acids is 2. The summed E-state index contributed by atoms with van der Waals surface area (Å²) < 4.78 is 10.6. The third-order valence-electron chi connectivity index (χ3n) is 3.23. The molecule has 2 amide bonds. The van der Waals surface area contributed by atoms with Gasteiger partial charge in [-0.05, 0) is 36.0 Å². The molecule has 1 aliphatic rings.